The van der Waals surface area contributed by atoms with E-state index in [1.807, 2.05) is 59.2 Å². The summed E-state index contributed by atoms with van der Waals surface area (Å²) >= 11 is 1.38. The van der Waals surface area contributed by atoms with Crippen molar-refractivity contribution in [1.82, 2.24) is 14.8 Å². The first-order valence-corrected chi connectivity index (χ1v) is 12.5. The number of nitrogens with one attached hydrogen (secondary N) is 1. The van der Waals surface area contributed by atoms with E-state index in [-0.39, 0.29) is 17.1 Å². The average Bonchev–Trinajstić information content (AvgIpc) is 3.27. The molecule has 0 radical (unpaired) electrons. The molecular formula is C28H30N4OS. The second-order valence-electron chi connectivity index (χ2n) is 9.15. The van der Waals surface area contributed by atoms with Crippen LogP contribution < -0.4 is 5.32 Å². The number of nitrogens with zero attached hydrogens (tertiary/aromatic N) is 3. The van der Waals surface area contributed by atoms with Crippen LogP contribution in [0.5, 0.6) is 0 Å². The summed E-state index contributed by atoms with van der Waals surface area (Å²) in [6.07, 6.45) is 0.864. The van der Waals surface area contributed by atoms with Crippen molar-refractivity contribution < 1.29 is 4.79 Å². The van der Waals surface area contributed by atoms with E-state index in [0.29, 0.717) is 5.16 Å². The summed E-state index contributed by atoms with van der Waals surface area (Å²) in [7, 11) is 0. The largest absolute Gasteiger partial charge is 0.325 e. The number of aromatic nitrogens is 3. The van der Waals surface area contributed by atoms with E-state index in [4.69, 9.17) is 0 Å². The quantitative estimate of drug-likeness (QED) is 0.312. The van der Waals surface area contributed by atoms with Gasteiger partial charge in [0.1, 0.15) is 0 Å². The van der Waals surface area contributed by atoms with Crippen LogP contribution in [0.4, 0.5) is 5.69 Å². The Bertz CT molecular complexity index is 1260. The van der Waals surface area contributed by atoms with Crippen molar-refractivity contribution in [3.63, 3.8) is 0 Å². The van der Waals surface area contributed by atoms with Crippen LogP contribution in [0, 0.1) is 0 Å². The molecule has 4 aromatic rings. The fourth-order valence-corrected chi connectivity index (χ4v) is 4.50. The van der Waals surface area contributed by atoms with Gasteiger partial charge in [0.25, 0.3) is 0 Å². The molecule has 1 amide bonds. The number of amides is 1. The van der Waals surface area contributed by atoms with Crippen LogP contribution in [0.2, 0.25) is 0 Å². The highest BCUT2D eigenvalue weighted by atomic mass is 32.2. The first-order valence-electron chi connectivity index (χ1n) is 11.5. The number of hydrogen-bond donors (Lipinski definition) is 1. The van der Waals surface area contributed by atoms with E-state index in [0.717, 1.165) is 34.7 Å². The van der Waals surface area contributed by atoms with Crippen LogP contribution in [0.1, 0.15) is 38.8 Å². The van der Waals surface area contributed by atoms with Crippen LogP contribution in [0.15, 0.2) is 84.0 Å². The molecule has 0 aliphatic carbocycles. The predicted octanol–water partition coefficient (Wildman–Crippen LogP) is 6.53. The molecule has 0 bridgehead atoms. The predicted molar refractivity (Wildman–Crippen MR) is 141 cm³/mol. The second-order valence-corrected chi connectivity index (χ2v) is 10.1. The van der Waals surface area contributed by atoms with E-state index in [2.05, 4.69) is 67.5 Å². The van der Waals surface area contributed by atoms with Crippen LogP contribution >= 0.6 is 11.8 Å². The zero-order valence-electron chi connectivity index (χ0n) is 20.1. The SMILES string of the molecule is CCc1ccccc1NC(=O)CSc1nnc(-c2ccc(C(C)(C)C)cc2)n1-c1ccccc1. The van der Waals surface area contributed by atoms with E-state index >= 15 is 0 Å². The number of carbonyl (C=O) groups excluding carboxylic acids is 1. The van der Waals surface area contributed by atoms with Gasteiger partial charge in [-0.2, -0.15) is 0 Å². The Morgan fingerprint density at radius 1 is 0.912 bits per heavy atom. The molecular weight excluding hydrogens is 440 g/mol. The Balaban J connectivity index is 1.59. The second kappa shape index (κ2) is 10.3. The minimum absolute atomic E-state index is 0.0652. The first-order chi connectivity index (χ1) is 16.4. The third kappa shape index (κ3) is 5.39. The first kappa shape index (κ1) is 23.8. The molecule has 0 fully saturated rings. The molecule has 0 aliphatic heterocycles. The van der Waals surface area contributed by atoms with Crippen molar-refractivity contribution in [2.24, 2.45) is 0 Å². The monoisotopic (exact) mass is 470 g/mol. The van der Waals surface area contributed by atoms with Gasteiger partial charge in [-0.3, -0.25) is 9.36 Å². The molecule has 5 nitrogen and oxygen atoms in total. The summed E-state index contributed by atoms with van der Waals surface area (Å²) in [4.78, 5) is 12.7. The number of aryl methyl sites for hydroxylation is 1. The number of hydrogen-bond acceptors (Lipinski definition) is 4. The highest BCUT2D eigenvalue weighted by molar-refractivity contribution is 7.99. The Morgan fingerprint density at radius 2 is 1.59 bits per heavy atom. The lowest BCUT2D eigenvalue weighted by atomic mass is 9.87. The molecule has 3 aromatic carbocycles. The third-order valence-corrected chi connectivity index (χ3v) is 6.59. The Kier molecular flexibility index (Phi) is 7.17. The van der Waals surface area contributed by atoms with Crippen molar-refractivity contribution in [2.75, 3.05) is 11.1 Å². The Labute approximate surface area is 205 Å². The highest BCUT2D eigenvalue weighted by Crippen LogP contribution is 2.30. The van der Waals surface area contributed by atoms with E-state index in [9.17, 15) is 4.79 Å². The van der Waals surface area contributed by atoms with Gasteiger partial charge in [0.15, 0.2) is 11.0 Å². The topological polar surface area (TPSA) is 59.8 Å². The molecule has 0 atom stereocenters. The number of anilines is 1. The average molecular weight is 471 g/mol. The van der Waals surface area contributed by atoms with Crippen molar-refractivity contribution in [2.45, 2.75) is 44.7 Å². The molecule has 0 unspecified atom stereocenters. The lowest BCUT2D eigenvalue weighted by Gasteiger charge is -2.19. The number of thioether (sulfide) groups is 1. The van der Waals surface area contributed by atoms with Gasteiger partial charge in [0, 0.05) is 16.9 Å². The summed E-state index contributed by atoms with van der Waals surface area (Å²) in [6.45, 7) is 8.69. The smallest absolute Gasteiger partial charge is 0.234 e. The molecule has 34 heavy (non-hydrogen) atoms. The number of para-hydroxylation sites is 2. The molecule has 1 aromatic heterocycles. The lowest BCUT2D eigenvalue weighted by molar-refractivity contribution is -0.113. The zero-order chi connectivity index (χ0) is 24.1. The summed E-state index contributed by atoms with van der Waals surface area (Å²) in [5.74, 6) is 0.932. The minimum Gasteiger partial charge on any atom is -0.325 e. The molecule has 6 heteroatoms. The Morgan fingerprint density at radius 3 is 2.26 bits per heavy atom. The van der Waals surface area contributed by atoms with Crippen molar-refractivity contribution in [1.29, 1.82) is 0 Å². The van der Waals surface area contributed by atoms with Gasteiger partial charge in [-0.15, -0.1) is 10.2 Å². The van der Waals surface area contributed by atoms with Crippen molar-refractivity contribution in [3.8, 4) is 17.1 Å². The zero-order valence-corrected chi connectivity index (χ0v) is 20.9. The third-order valence-electron chi connectivity index (χ3n) is 5.66. The molecule has 0 saturated carbocycles. The van der Waals surface area contributed by atoms with Crippen LogP contribution in [-0.4, -0.2) is 26.4 Å². The standard InChI is InChI=1S/C28H30N4OS/c1-5-20-11-9-10-14-24(20)29-25(33)19-34-27-31-30-26(32(27)23-12-7-6-8-13-23)21-15-17-22(18-16-21)28(2,3)4/h6-18H,5,19H2,1-4H3,(H,29,33). The minimum atomic E-state index is -0.0652. The fourth-order valence-electron chi connectivity index (χ4n) is 3.75. The van der Waals surface area contributed by atoms with E-state index in [1.54, 1.807) is 0 Å². The van der Waals surface area contributed by atoms with Gasteiger partial charge in [-0.25, -0.2) is 0 Å². The highest BCUT2D eigenvalue weighted by Gasteiger charge is 2.19. The molecule has 0 spiro atoms. The maximum Gasteiger partial charge on any atom is 0.234 e. The molecule has 0 saturated heterocycles. The van der Waals surface area contributed by atoms with Gasteiger partial charge >= 0.3 is 0 Å². The summed E-state index contributed by atoms with van der Waals surface area (Å²) < 4.78 is 2.02. The van der Waals surface area contributed by atoms with Gasteiger partial charge in [0.05, 0.1) is 5.75 Å². The number of benzene rings is 3. The fraction of sp³-hybridized carbons (Fsp3) is 0.250. The normalized spacial score (nSPS) is 11.4. The van der Waals surface area contributed by atoms with E-state index < -0.39 is 0 Å². The molecule has 1 heterocycles. The van der Waals surface area contributed by atoms with Gasteiger partial charge < -0.3 is 5.32 Å². The van der Waals surface area contributed by atoms with Gasteiger partial charge in [0.2, 0.25) is 5.91 Å². The van der Waals surface area contributed by atoms with Gasteiger partial charge in [-0.05, 0) is 41.2 Å². The molecule has 4 rings (SSSR count). The summed E-state index contributed by atoms with van der Waals surface area (Å²) in [5.41, 5.74) is 5.27. The number of carbonyl (C=O) groups is 1. The van der Waals surface area contributed by atoms with Crippen LogP contribution in [-0.2, 0) is 16.6 Å². The van der Waals surface area contributed by atoms with Crippen LogP contribution in [0.3, 0.4) is 0 Å². The molecule has 174 valence electrons. The summed E-state index contributed by atoms with van der Waals surface area (Å²) in [5, 5.41) is 12.7. The lowest BCUT2D eigenvalue weighted by Crippen LogP contribution is -2.15. The molecule has 1 N–H and O–H groups in total. The van der Waals surface area contributed by atoms with Crippen LogP contribution in [0.25, 0.3) is 17.1 Å². The van der Waals surface area contributed by atoms with E-state index in [1.165, 1.54) is 17.3 Å². The maximum atomic E-state index is 12.7. The van der Waals surface area contributed by atoms with Crippen molar-refractivity contribution in [3.05, 3.63) is 90.0 Å². The number of rotatable bonds is 7. The molecule has 0 aliphatic rings. The Hall–Kier alpha value is -3.38. The van der Waals surface area contributed by atoms with Gasteiger partial charge in [-0.1, -0.05) is 100 Å². The summed E-state index contributed by atoms with van der Waals surface area (Å²) in [6, 6.07) is 26.4. The maximum absolute atomic E-state index is 12.7. The van der Waals surface area contributed by atoms with Crippen molar-refractivity contribution >= 4 is 23.4 Å².